The number of amides is 1. The molecule has 2 heterocycles. The minimum absolute atomic E-state index is 0.0387. The number of thiophene rings is 1. The van der Waals surface area contributed by atoms with Gasteiger partial charge in [-0.15, -0.1) is 11.3 Å². The van der Waals surface area contributed by atoms with Crippen LogP contribution in [0.25, 0.3) is 10.2 Å². The van der Waals surface area contributed by atoms with Crippen LogP contribution in [0.15, 0.2) is 36.4 Å². The number of halogens is 3. The van der Waals surface area contributed by atoms with Crippen LogP contribution in [-0.2, 0) is 19.6 Å². The van der Waals surface area contributed by atoms with E-state index in [0.717, 1.165) is 21.6 Å². The smallest absolute Gasteiger partial charge is 0.351 e. The summed E-state index contributed by atoms with van der Waals surface area (Å²) < 4.78 is 40.0. The van der Waals surface area contributed by atoms with E-state index >= 15 is 0 Å². The number of rotatable bonds is 4. The van der Waals surface area contributed by atoms with Crippen LogP contribution in [0.1, 0.15) is 20.9 Å². The highest BCUT2D eigenvalue weighted by molar-refractivity contribution is 7.20. The first-order valence-electron chi connectivity index (χ1n) is 7.22. The number of benzene rings is 1. The van der Waals surface area contributed by atoms with Crippen LogP contribution >= 0.6 is 11.3 Å². The molecular weight excluding hydrogens is 339 g/mol. The molecule has 0 aliphatic rings. The zero-order chi connectivity index (χ0) is 17.3. The maximum atomic E-state index is 13.0. The molecule has 0 saturated heterocycles. The molecular formula is C16H14F3N3OS. The zero-order valence-electron chi connectivity index (χ0n) is 12.7. The summed E-state index contributed by atoms with van der Waals surface area (Å²) in [5, 5.41) is 6.19. The van der Waals surface area contributed by atoms with E-state index in [0.29, 0.717) is 17.8 Å². The third kappa shape index (κ3) is 3.28. The number of carbonyl (C=O) groups is 1. The Kier molecular flexibility index (Phi) is 4.31. The topological polar surface area (TPSA) is 46.9 Å². The van der Waals surface area contributed by atoms with Crippen molar-refractivity contribution in [3.05, 3.63) is 52.5 Å². The van der Waals surface area contributed by atoms with E-state index in [9.17, 15) is 18.0 Å². The Hall–Kier alpha value is -2.35. The van der Waals surface area contributed by atoms with Crippen LogP contribution in [0.5, 0.6) is 0 Å². The Morgan fingerprint density at radius 2 is 2.00 bits per heavy atom. The summed E-state index contributed by atoms with van der Waals surface area (Å²) in [7, 11) is 1.44. The quantitative estimate of drug-likeness (QED) is 0.779. The first-order chi connectivity index (χ1) is 11.4. The second-order valence-corrected chi connectivity index (χ2v) is 6.32. The fourth-order valence-corrected chi connectivity index (χ4v) is 3.40. The van der Waals surface area contributed by atoms with Gasteiger partial charge in [0.15, 0.2) is 5.69 Å². The van der Waals surface area contributed by atoms with Crippen LogP contribution < -0.4 is 5.32 Å². The highest BCUT2D eigenvalue weighted by Gasteiger charge is 2.37. The second kappa shape index (κ2) is 6.27. The van der Waals surface area contributed by atoms with Gasteiger partial charge in [0.1, 0.15) is 4.83 Å². The fourth-order valence-electron chi connectivity index (χ4n) is 2.41. The molecule has 0 saturated carbocycles. The zero-order valence-corrected chi connectivity index (χ0v) is 13.5. The fraction of sp³-hybridized carbons (Fsp3) is 0.250. The summed E-state index contributed by atoms with van der Waals surface area (Å²) in [6, 6.07) is 10.9. The molecule has 1 amide bonds. The van der Waals surface area contributed by atoms with Crippen molar-refractivity contribution in [2.75, 3.05) is 6.54 Å². The normalized spacial score (nSPS) is 11.8. The van der Waals surface area contributed by atoms with Gasteiger partial charge < -0.3 is 5.32 Å². The van der Waals surface area contributed by atoms with Gasteiger partial charge in [0.25, 0.3) is 5.91 Å². The number of nitrogens with one attached hydrogen (secondary N) is 1. The van der Waals surface area contributed by atoms with Crippen LogP contribution in [-0.4, -0.2) is 22.2 Å². The summed E-state index contributed by atoms with van der Waals surface area (Å²) in [6.07, 6.45) is -3.88. The van der Waals surface area contributed by atoms with Gasteiger partial charge in [-0.2, -0.15) is 18.3 Å². The predicted octanol–water partition coefficient (Wildman–Crippen LogP) is 3.63. The van der Waals surface area contributed by atoms with Crippen LogP contribution in [0.3, 0.4) is 0 Å². The van der Waals surface area contributed by atoms with E-state index in [2.05, 4.69) is 10.4 Å². The summed E-state index contributed by atoms with van der Waals surface area (Å²) in [5.41, 5.74) is 0.122. The molecule has 1 aromatic carbocycles. The minimum atomic E-state index is -4.54. The van der Waals surface area contributed by atoms with E-state index in [1.807, 2.05) is 30.3 Å². The molecule has 3 aromatic rings. The summed E-state index contributed by atoms with van der Waals surface area (Å²) in [6.45, 7) is 0.418. The van der Waals surface area contributed by atoms with E-state index in [1.165, 1.54) is 13.1 Å². The van der Waals surface area contributed by atoms with Crippen molar-refractivity contribution < 1.29 is 18.0 Å². The number of carbonyl (C=O) groups excluding carboxylic acids is 1. The largest absolute Gasteiger partial charge is 0.435 e. The molecule has 0 atom stereocenters. The summed E-state index contributed by atoms with van der Waals surface area (Å²) >= 11 is 1.00. The Balaban J connectivity index is 1.73. The number of alkyl halides is 3. The van der Waals surface area contributed by atoms with E-state index in [4.69, 9.17) is 0 Å². The molecule has 2 aromatic heterocycles. The molecule has 0 radical (unpaired) electrons. The molecule has 0 unspecified atom stereocenters. The third-order valence-corrected chi connectivity index (χ3v) is 4.75. The van der Waals surface area contributed by atoms with Crippen molar-refractivity contribution >= 4 is 27.5 Å². The van der Waals surface area contributed by atoms with Crippen LogP contribution in [0.2, 0.25) is 0 Å². The van der Waals surface area contributed by atoms with Gasteiger partial charge in [0.2, 0.25) is 0 Å². The van der Waals surface area contributed by atoms with Gasteiger partial charge in [-0.25, -0.2) is 0 Å². The molecule has 3 rings (SSSR count). The van der Waals surface area contributed by atoms with E-state index in [1.54, 1.807) is 0 Å². The molecule has 126 valence electrons. The lowest BCUT2D eigenvalue weighted by Crippen LogP contribution is -2.24. The number of nitrogens with zero attached hydrogens (tertiary/aromatic N) is 2. The van der Waals surface area contributed by atoms with E-state index < -0.39 is 11.9 Å². The van der Waals surface area contributed by atoms with Crippen molar-refractivity contribution in [2.45, 2.75) is 12.6 Å². The lowest BCUT2D eigenvalue weighted by molar-refractivity contribution is -0.140. The average Bonchev–Trinajstić information content (AvgIpc) is 3.08. The molecule has 0 fully saturated rings. The van der Waals surface area contributed by atoms with Crippen LogP contribution in [0, 0.1) is 0 Å². The number of hydrogen-bond acceptors (Lipinski definition) is 3. The van der Waals surface area contributed by atoms with Gasteiger partial charge >= 0.3 is 6.18 Å². The number of fused-ring (bicyclic) bond motifs is 1. The van der Waals surface area contributed by atoms with Crippen molar-refractivity contribution in [3.63, 3.8) is 0 Å². The lowest BCUT2D eigenvalue weighted by Gasteiger charge is -2.04. The standard InChI is InChI=1S/C16H14F3N3OS/c1-22-15-11(13(21-22)16(17,18)19)9-12(24-15)14(23)20-8-7-10-5-3-2-4-6-10/h2-6,9H,7-8H2,1H3,(H,20,23). The van der Waals surface area contributed by atoms with Gasteiger partial charge in [-0.05, 0) is 18.1 Å². The van der Waals surface area contributed by atoms with Crippen molar-refractivity contribution in [3.8, 4) is 0 Å². The molecule has 0 aliphatic carbocycles. The SMILES string of the molecule is Cn1nc(C(F)(F)F)c2cc(C(=O)NCCc3ccccc3)sc21. The lowest BCUT2D eigenvalue weighted by atomic mass is 10.1. The van der Waals surface area contributed by atoms with Crippen molar-refractivity contribution in [1.29, 1.82) is 0 Å². The maximum absolute atomic E-state index is 13.0. The highest BCUT2D eigenvalue weighted by atomic mass is 32.1. The third-order valence-electron chi connectivity index (χ3n) is 3.55. The Morgan fingerprint density at radius 1 is 1.29 bits per heavy atom. The number of aromatic nitrogens is 2. The van der Waals surface area contributed by atoms with Gasteiger partial charge in [0.05, 0.1) is 4.88 Å². The van der Waals surface area contributed by atoms with E-state index in [-0.39, 0.29) is 16.2 Å². The monoisotopic (exact) mass is 353 g/mol. The summed E-state index contributed by atoms with van der Waals surface area (Å²) in [4.78, 5) is 12.7. The van der Waals surface area contributed by atoms with Crippen molar-refractivity contribution in [1.82, 2.24) is 15.1 Å². The highest BCUT2D eigenvalue weighted by Crippen LogP contribution is 2.37. The number of aryl methyl sites for hydroxylation is 1. The molecule has 0 spiro atoms. The maximum Gasteiger partial charge on any atom is 0.435 e. The van der Waals surface area contributed by atoms with Crippen LogP contribution in [0.4, 0.5) is 13.2 Å². The molecule has 8 heteroatoms. The Morgan fingerprint density at radius 3 is 2.67 bits per heavy atom. The van der Waals surface area contributed by atoms with Gasteiger partial charge in [0, 0.05) is 19.0 Å². The van der Waals surface area contributed by atoms with Gasteiger partial charge in [-0.3, -0.25) is 9.48 Å². The molecule has 24 heavy (non-hydrogen) atoms. The molecule has 1 N–H and O–H groups in total. The minimum Gasteiger partial charge on any atom is -0.351 e. The molecule has 4 nitrogen and oxygen atoms in total. The Bertz CT molecular complexity index is 868. The number of hydrogen-bond donors (Lipinski definition) is 1. The Labute approximate surface area is 139 Å². The first-order valence-corrected chi connectivity index (χ1v) is 8.04. The average molecular weight is 353 g/mol. The second-order valence-electron chi connectivity index (χ2n) is 5.29. The predicted molar refractivity (Wildman–Crippen MR) is 86.1 cm³/mol. The van der Waals surface area contributed by atoms with Gasteiger partial charge in [-0.1, -0.05) is 30.3 Å². The molecule has 0 bridgehead atoms. The van der Waals surface area contributed by atoms with Crippen molar-refractivity contribution in [2.24, 2.45) is 7.05 Å². The summed E-state index contributed by atoms with van der Waals surface area (Å²) in [5.74, 6) is -0.375. The first kappa shape index (κ1) is 16.5. The molecule has 0 aliphatic heterocycles.